The van der Waals surface area contributed by atoms with E-state index in [1.54, 1.807) is 54.5 Å². The Bertz CT molecular complexity index is 2390. The van der Waals surface area contributed by atoms with Gasteiger partial charge in [-0.1, -0.05) is 88.7 Å². The largest absolute Gasteiger partial charge is 0.633 e. The van der Waals surface area contributed by atoms with Gasteiger partial charge in [-0.25, -0.2) is 0 Å². The first kappa shape index (κ1) is 79.0. The van der Waals surface area contributed by atoms with Crippen molar-refractivity contribution in [2.24, 2.45) is 35.5 Å². The Balaban J connectivity index is 3.43. The van der Waals surface area contributed by atoms with E-state index < -0.39 is 129 Å². The van der Waals surface area contributed by atoms with Crippen molar-refractivity contribution >= 4 is 64.9 Å². The summed E-state index contributed by atoms with van der Waals surface area (Å²) < 4.78 is -0.598. The third-order valence-corrected chi connectivity index (χ3v) is 15.1. The van der Waals surface area contributed by atoms with Crippen molar-refractivity contribution in [3.05, 3.63) is 17.4 Å². The Hall–Kier alpha value is -6.05. The molecule has 1 heterocycles. The quantitative estimate of drug-likeness (QED) is 0.0242. The van der Waals surface area contributed by atoms with E-state index in [2.05, 4.69) is 47.9 Å². The average molecular weight is 1230 g/mol. The number of carbonyl (C=O) groups is 11. The predicted molar refractivity (Wildman–Crippen MR) is 332 cm³/mol. The van der Waals surface area contributed by atoms with Crippen LogP contribution in [0.4, 0.5) is 0 Å². The lowest BCUT2D eigenvalue weighted by Gasteiger charge is -2.36. The SMILES string of the molecule is CCC(=O)CC(O)CC(C)CC(NC(=O)C1CC(C)CN1C(=O)C=CC(C)CC)C(=O)NC(C(=O)NC(C)(C)C(=O)NC(CC(C)C)C(=O)NC(CC(C)C)C(=O)NC(C)(C)C(=O)NC(C)(C)C(=O)NCCC(=O)NC(C)C[N+](C)(C)[O-])C(O)C(C)C. The summed E-state index contributed by atoms with van der Waals surface area (Å²) in [6, 6.07) is -6.96. The highest BCUT2D eigenvalue weighted by Crippen LogP contribution is 2.25. The van der Waals surface area contributed by atoms with E-state index in [4.69, 9.17) is 0 Å². The van der Waals surface area contributed by atoms with Crippen molar-refractivity contribution in [3.8, 4) is 0 Å². The molecule has 0 aromatic heterocycles. The highest BCUT2D eigenvalue weighted by molar-refractivity contribution is 6.00. The molecule has 0 spiro atoms. The van der Waals surface area contributed by atoms with Crippen LogP contribution in [0.3, 0.4) is 0 Å². The zero-order chi connectivity index (χ0) is 67.3. The first-order valence-corrected chi connectivity index (χ1v) is 31.0. The second kappa shape index (κ2) is 35.2. The number of nitrogens with one attached hydrogen (secondary N) is 9. The number of hydrogen-bond donors (Lipinski definition) is 11. The predicted octanol–water partition coefficient (Wildman–Crippen LogP) is 2.29. The summed E-state index contributed by atoms with van der Waals surface area (Å²) in [5.74, 6) is -8.57. The molecule has 1 fully saturated rings. The fraction of sp³-hybridized carbons (Fsp3) is 0.790. The second-order valence-electron chi connectivity index (χ2n) is 27.6. The smallest absolute Gasteiger partial charge is 0.246 e. The Kier molecular flexibility index (Phi) is 32.0. The van der Waals surface area contributed by atoms with Crippen LogP contribution in [0, 0.1) is 40.7 Å². The van der Waals surface area contributed by atoms with Crippen LogP contribution < -0.4 is 47.9 Å². The van der Waals surface area contributed by atoms with Crippen molar-refractivity contribution in [3.63, 3.8) is 0 Å². The highest BCUT2D eigenvalue weighted by Gasteiger charge is 2.43. The van der Waals surface area contributed by atoms with E-state index in [0.717, 1.165) is 6.42 Å². The molecule has 11 N–H and O–H groups in total. The number of allylic oxidation sites excluding steroid dienone is 1. The lowest BCUT2D eigenvalue weighted by molar-refractivity contribution is -0.840. The van der Waals surface area contributed by atoms with Gasteiger partial charge in [0, 0.05) is 32.4 Å². The van der Waals surface area contributed by atoms with E-state index in [0.29, 0.717) is 13.0 Å². The van der Waals surface area contributed by atoms with E-state index in [9.17, 15) is 68.2 Å². The molecule has 1 aliphatic rings. The summed E-state index contributed by atoms with van der Waals surface area (Å²) in [6.45, 7) is 30.2. The Labute approximate surface area is 517 Å². The summed E-state index contributed by atoms with van der Waals surface area (Å²) in [7, 11) is 2.91. The minimum Gasteiger partial charge on any atom is -0.633 e. The number of rotatable bonds is 37. The van der Waals surface area contributed by atoms with Crippen molar-refractivity contribution in [2.45, 2.75) is 247 Å². The van der Waals surface area contributed by atoms with Crippen molar-refractivity contribution < 1.29 is 67.6 Å². The minimum atomic E-state index is -1.83. The van der Waals surface area contributed by atoms with Crippen LogP contribution in [0.2, 0.25) is 0 Å². The van der Waals surface area contributed by atoms with E-state index >= 15 is 0 Å². The number of Topliss-reactive ketones (excluding diaryl/α,β-unsaturated/α-hetero) is 1. The number of likely N-dealkylation sites (N-methyl/N-ethyl adjacent to an activating group) is 1. The molecule has 0 radical (unpaired) electrons. The van der Waals surface area contributed by atoms with Crippen LogP contribution in [0.15, 0.2) is 12.2 Å². The number of ketones is 1. The highest BCUT2D eigenvalue weighted by atomic mass is 16.5. The zero-order valence-corrected chi connectivity index (χ0v) is 55.9. The van der Waals surface area contributed by atoms with Gasteiger partial charge in [0.2, 0.25) is 59.1 Å². The molecule has 1 saturated heterocycles. The molecule has 11 unspecified atom stereocenters. The fourth-order valence-electron chi connectivity index (χ4n) is 9.88. The maximum atomic E-state index is 14.6. The number of amides is 10. The Morgan fingerprint density at radius 3 is 1.69 bits per heavy atom. The number of hydrogen-bond acceptors (Lipinski definition) is 14. The third-order valence-electron chi connectivity index (χ3n) is 15.1. The lowest BCUT2D eigenvalue weighted by Crippen LogP contribution is -2.66. The number of carbonyl (C=O) groups excluding carboxylic acids is 11. The van der Waals surface area contributed by atoms with Crippen molar-refractivity contribution in [1.82, 2.24) is 52.8 Å². The van der Waals surface area contributed by atoms with Gasteiger partial charge in [0.1, 0.15) is 52.6 Å². The number of aliphatic hydroxyl groups is 2. The number of nitrogens with zero attached hydrogens (tertiary/aromatic N) is 2. The molecule has 11 atom stereocenters. The van der Waals surface area contributed by atoms with Crippen LogP contribution in [0.1, 0.15) is 182 Å². The van der Waals surface area contributed by atoms with Crippen LogP contribution in [-0.2, 0) is 52.7 Å². The van der Waals surface area contributed by atoms with Crippen molar-refractivity contribution in [2.75, 3.05) is 33.7 Å². The van der Waals surface area contributed by atoms with Gasteiger partial charge in [-0.3, -0.25) is 52.7 Å². The third kappa shape index (κ3) is 28.3. The molecule has 0 aromatic carbocycles. The van der Waals surface area contributed by atoms with Gasteiger partial charge in [-0.2, -0.15) is 0 Å². The molecule has 498 valence electrons. The number of hydroxylamine groups is 3. The van der Waals surface area contributed by atoms with Gasteiger partial charge in [-0.15, -0.1) is 0 Å². The average Bonchev–Trinajstić information content (AvgIpc) is 3.06. The second-order valence-corrected chi connectivity index (χ2v) is 27.6. The Morgan fingerprint density at radius 1 is 0.644 bits per heavy atom. The zero-order valence-electron chi connectivity index (χ0n) is 55.9. The van der Waals surface area contributed by atoms with Gasteiger partial charge in [0.25, 0.3) is 0 Å². The molecule has 0 aromatic rings. The summed E-state index contributed by atoms with van der Waals surface area (Å²) in [5, 5.41) is 58.4. The summed E-state index contributed by atoms with van der Waals surface area (Å²) in [6.07, 6.45) is 1.90. The summed E-state index contributed by atoms with van der Waals surface area (Å²) in [5.41, 5.74) is -5.00. The molecule has 25 nitrogen and oxygen atoms in total. The van der Waals surface area contributed by atoms with E-state index in [1.807, 2.05) is 34.6 Å². The van der Waals surface area contributed by atoms with Gasteiger partial charge in [0.15, 0.2) is 0 Å². The summed E-state index contributed by atoms with van der Waals surface area (Å²) in [4.78, 5) is 152. The lowest BCUT2D eigenvalue weighted by atomic mass is 9.92. The van der Waals surface area contributed by atoms with Gasteiger partial charge in [-0.05, 0) is 122 Å². The molecule has 0 saturated carbocycles. The monoisotopic (exact) mass is 1230 g/mol. The van der Waals surface area contributed by atoms with Gasteiger partial charge in [0.05, 0.1) is 38.9 Å². The van der Waals surface area contributed by atoms with Crippen LogP contribution in [-0.4, -0.2) is 183 Å². The molecule has 0 aliphatic carbocycles. The molecule has 10 amide bonds. The van der Waals surface area contributed by atoms with Crippen molar-refractivity contribution in [1.29, 1.82) is 0 Å². The van der Waals surface area contributed by atoms with Crippen LogP contribution in [0.5, 0.6) is 0 Å². The normalized spacial score (nSPS) is 18.1. The Morgan fingerprint density at radius 2 is 1.16 bits per heavy atom. The number of likely N-dealkylation sites (tertiary alicyclic amines) is 1. The first-order valence-electron chi connectivity index (χ1n) is 31.0. The van der Waals surface area contributed by atoms with Crippen LogP contribution in [0.25, 0.3) is 0 Å². The fourth-order valence-corrected chi connectivity index (χ4v) is 9.88. The molecule has 87 heavy (non-hydrogen) atoms. The number of aliphatic hydroxyl groups excluding tert-OH is 2. The molecular weight excluding hydrogens is 1120 g/mol. The summed E-state index contributed by atoms with van der Waals surface area (Å²) >= 11 is 0. The first-order chi connectivity index (χ1) is 39.9. The van der Waals surface area contributed by atoms with E-state index in [1.165, 1.54) is 66.6 Å². The molecule has 0 bridgehead atoms. The number of quaternary nitrogens is 1. The maximum absolute atomic E-state index is 14.6. The molecule has 1 aliphatic heterocycles. The molecular formula is C62H111N11O14. The van der Waals surface area contributed by atoms with Crippen LogP contribution >= 0.6 is 0 Å². The minimum absolute atomic E-state index is 0.0535. The molecule has 1 rings (SSSR count). The standard InChI is InChI=1S/C62H111N11O14/c1-21-38(9)23-24-49(77)72-33-40(11)31-47(72)55(82)66-46(30-39(10)29-43(75)32-42(74)22-2)53(80)68-50(51(78)37(7)8)56(83)70-61(15,16)58(85)67-44(27-35(3)4)52(79)65-45(28-36(5)6)54(81)69-62(17,18)59(86)71-60(13,14)57(84)63-26-25-48(76)64-41(12)34-73(19,20)87/h23-24,35-41,43-47,50-51,75,78H,21-22,25-34H2,1-20H3,(H,63,84)(H,64,76)(H,65,79)(H,66,82)(H,67,85)(H,68,80)(H,69,81)(H,70,83)(H,71,86). The van der Waals surface area contributed by atoms with E-state index in [-0.39, 0.29) is 99.3 Å². The topological polar surface area (TPSA) is 363 Å². The van der Waals surface area contributed by atoms with Gasteiger partial charge < -0.3 is 72.8 Å². The molecule has 25 heteroatoms. The maximum Gasteiger partial charge on any atom is 0.246 e. The van der Waals surface area contributed by atoms with Gasteiger partial charge >= 0.3 is 0 Å².